The van der Waals surface area contributed by atoms with Gasteiger partial charge in [0, 0.05) is 12.1 Å². The molecule has 1 atom stereocenters. The van der Waals surface area contributed by atoms with Gasteiger partial charge in [0.1, 0.15) is 11.5 Å². The normalized spacial score (nSPS) is 16.6. The first-order valence-electron chi connectivity index (χ1n) is 10.2. The minimum Gasteiger partial charge on any atom is -0.462 e. The Morgan fingerprint density at radius 1 is 1.20 bits per heavy atom. The molecule has 3 aromatic rings. The molecule has 7 heteroatoms. The van der Waals surface area contributed by atoms with E-state index < -0.39 is 0 Å². The monoisotopic (exact) mass is 409 g/mol. The maximum atomic E-state index is 13.5. The highest BCUT2D eigenvalue weighted by atomic mass is 19.1. The third-order valence-corrected chi connectivity index (χ3v) is 5.08. The molecule has 1 saturated heterocycles. The summed E-state index contributed by atoms with van der Waals surface area (Å²) in [5.74, 6) is 0.0254. The Labute approximate surface area is 174 Å². The molecule has 0 aliphatic carbocycles. The van der Waals surface area contributed by atoms with Crippen molar-refractivity contribution < 1.29 is 18.7 Å². The van der Waals surface area contributed by atoms with Crippen LogP contribution in [0.4, 0.5) is 10.2 Å². The van der Waals surface area contributed by atoms with Crippen molar-refractivity contribution in [3.8, 4) is 11.3 Å². The van der Waals surface area contributed by atoms with Gasteiger partial charge in [0.25, 0.3) is 0 Å². The molecule has 1 aliphatic heterocycles. The molecule has 156 valence electrons. The third kappa shape index (κ3) is 4.11. The van der Waals surface area contributed by atoms with Crippen LogP contribution in [0.1, 0.15) is 30.6 Å². The number of hydrogen-bond donors (Lipinski definition) is 0. The van der Waals surface area contributed by atoms with Gasteiger partial charge in [-0.1, -0.05) is 6.92 Å². The van der Waals surface area contributed by atoms with Crippen LogP contribution in [0.5, 0.6) is 0 Å². The first-order chi connectivity index (χ1) is 14.6. The number of morpholine rings is 1. The van der Waals surface area contributed by atoms with Crippen LogP contribution in [-0.2, 0) is 9.47 Å². The lowest BCUT2D eigenvalue weighted by atomic mass is 10.1. The lowest BCUT2D eigenvalue weighted by molar-refractivity contribution is 0.0505. The second-order valence-electron chi connectivity index (χ2n) is 7.36. The summed E-state index contributed by atoms with van der Waals surface area (Å²) in [6, 6.07) is 11.5. The molecule has 0 unspecified atom stereocenters. The average molecular weight is 409 g/mol. The number of esters is 1. The molecular formula is C23H24FN3O3. The molecule has 0 bridgehead atoms. The van der Waals surface area contributed by atoms with Gasteiger partial charge in [0.15, 0.2) is 5.82 Å². The van der Waals surface area contributed by atoms with Crippen molar-refractivity contribution in [2.75, 3.05) is 31.3 Å². The van der Waals surface area contributed by atoms with Gasteiger partial charge in [-0.25, -0.2) is 19.2 Å². The largest absolute Gasteiger partial charge is 0.462 e. The third-order valence-electron chi connectivity index (χ3n) is 5.08. The lowest BCUT2D eigenvalue weighted by Gasteiger charge is -2.35. The van der Waals surface area contributed by atoms with E-state index in [2.05, 4.69) is 11.8 Å². The Morgan fingerprint density at radius 3 is 2.73 bits per heavy atom. The van der Waals surface area contributed by atoms with E-state index in [0.29, 0.717) is 54.5 Å². The average Bonchev–Trinajstić information content (AvgIpc) is 2.77. The second-order valence-corrected chi connectivity index (χ2v) is 7.36. The topological polar surface area (TPSA) is 64.5 Å². The number of fused-ring (bicyclic) bond motifs is 1. The molecule has 2 heterocycles. The van der Waals surface area contributed by atoms with Gasteiger partial charge in [0.05, 0.1) is 42.5 Å². The number of nitrogens with zero attached hydrogens (tertiary/aromatic N) is 3. The predicted molar refractivity (Wildman–Crippen MR) is 113 cm³/mol. The molecule has 0 spiro atoms. The SMILES string of the molecule is CCCOC(=O)c1ccc2nc(-c3ccc(F)cc3)c(N3CCOC[C@@H]3C)nc2c1. The van der Waals surface area contributed by atoms with Gasteiger partial charge in [-0.05, 0) is 55.8 Å². The standard InChI is InChI=1S/C23H24FN3O3/c1-3-11-30-23(28)17-6-9-19-20(13-17)26-22(27-10-12-29-14-15(27)2)21(25-19)16-4-7-18(24)8-5-16/h4-9,13,15H,3,10-12,14H2,1-2H3/t15-/m0/s1. The van der Waals surface area contributed by atoms with Crippen molar-refractivity contribution in [3.05, 3.63) is 53.8 Å². The summed E-state index contributed by atoms with van der Waals surface area (Å²) < 4.78 is 24.3. The summed E-state index contributed by atoms with van der Waals surface area (Å²) >= 11 is 0. The minimum atomic E-state index is -0.371. The van der Waals surface area contributed by atoms with Gasteiger partial charge >= 0.3 is 5.97 Å². The summed E-state index contributed by atoms with van der Waals surface area (Å²) in [5, 5.41) is 0. The zero-order valence-electron chi connectivity index (χ0n) is 17.1. The van der Waals surface area contributed by atoms with Gasteiger partial charge < -0.3 is 14.4 Å². The van der Waals surface area contributed by atoms with Crippen LogP contribution < -0.4 is 4.90 Å². The maximum Gasteiger partial charge on any atom is 0.338 e. The van der Waals surface area contributed by atoms with Crippen LogP contribution in [0.25, 0.3) is 22.3 Å². The van der Waals surface area contributed by atoms with E-state index in [4.69, 9.17) is 19.4 Å². The number of rotatable bonds is 5. The summed E-state index contributed by atoms with van der Waals surface area (Å²) in [7, 11) is 0. The zero-order valence-corrected chi connectivity index (χ0v) is 17.1. The highest BCUT2D eigenvalue weighted by molar-refractivity contribution is 5.94. The number of ether oxygens (including phenoxy) is 2. The van der Waals surface area contributed by atoms with Crippen molar-refractivity contribution in [2.45, 2.75) is 26.3 Å². The summed E-state index contributed by atoms with van der Waals surface area (Å²) in [6.45, 7) is 6.25. The number of hydrogen-bond acceptors (Lipinski definition) is 6. The maximum absolute atomic E-state index is 13.5. The number of benzene rings is 2. The molecule has 0 radical (unpaired) electrons. The van der Waals surface area contributed by atoms with E-state index >= 15 is 0 Å². The van der Waals surface area contributed by atoms with Crippen molar-refractivity contribution in [1.82, 2.24) is 9.97 Å². The van der Waals surface area contributed by atoms with Crippen LogP contribution in [0.3, 0.4) is 0 Å². The number of halogens is 1. The van der Waals surface area contributed by atoms with E-state index in [1.54, 1.807) is 30.3 Å². The highest BCUT2D eigenvalue weighted by Gasteiger charge is 2.25. The molecule has 0 N–H and O–H groups in total. The van der Waals surface area contributed by atoms with Crippen LogP contribution in [0, 0.1) is 5.82 Å². The smallest absolute Gasteiger partial charge is 0.338 e. The van der Waals surface area contributed by atoms with Crippen LogP contribution in [-0.4, -0.2) is 48.3 Å². The van der Waals surface area contributed by atoms with E-state index in [1.807, 2.05) is 6.92 Å². The summed E-state index contributed by atoms with van der Waals surface area (Å²) in [5.41, 5.74) is 3.18. The van der Waals surface area contributed by atoms with E-state index in [9.17, 15) is 9.18 Å². The Hall–Kier alpha value is -3.06. The Kier molecular flexibility index (Phi) is 5.90. The summed E-state index contributed by atoms with van der Waals surface area (Å²) in [6.07, 6.45) is 0.763. The predicted octanol–water partition coefficient (Wildman–Crippen LogP) is 4.23. The lowest BCUT2D eigenvalue weighted by Crippen LogP contribution is -2.44. The van der Waals surface area contributed by atoms with E-state index in [0.717, 1.165) is 12.0 Å². The molecule has 0 saturated carbocycles. The van der Waals surface area contributed by atoms with Gasteiger partial charge in [0.2, 0.25) is 0 Å². The Morgan fingerprint density at radius 2 is 2.00 bits per heavy atom. The molecule has 6 nitrogen and oxygen atoms in total. The highest BCUT2D eigenvalue weighted by Crippen LogP contribution is 2.32. The number of carbonyl (C=O) groups is 1. The number of aromatic nitrogens is 2. The zero-order chi connectivity index (χ0) is 21.1. The Balaban J connectivity index is 1.83. The fourth-order valence-corrected chi connectivity index (χ4v) is 3.49. The van der Waals surface area contributed by atoms with Crippen LogP contribution in [0.15, 0.2) is 42.5 Å². The molecule has 2 aromatic carbocycles. The quantitative estimate of drug-likeness (QED) is 0.588. The van der Waals surface area contributed by atoms with Gasteiger partial charge in [-0.15, -0.1) is 0 Å². The molecular weight excluding hydrogens is 385 g/mol. The van der Waals surface area contributed by atoms with Crippen molar-refractivity contribution in [3.63, 3.8) is 0 Å². The first kappa shape index (κ1) is 20.2. The number of carbonyl (C=O) groups excluding carboxylic acids is 1. The van der Waals surface area contributed by atoms with Crippen LogP contribution in [0.2, 0.25) is 0 Å². The molecule has 1 aromatic heterocycles. The molecule has 1 fully saturated rings. The van der Waals surface area contributed by atoms with Crippen molar-refractivity contribution in [2.24, 2.45) is 0 Å². The summed E-state index contributed by atoms with van der Waals surface area (Å²) in [4.78, 5) is 24.1. The van der Waals surface area contributed by atoms with Gasteiger partial charge in [-0.3, -0.25) is 0 Å². The molecule has 0 amide bonds. The van der Waals surface area contributed by atoms with Crippen molar-refractivity contribution in [1.29, 1.82) is 0 Å². The second kappa shape index (κ2) is 8.75. The molecule has 1 aliphatic rings. The fourth-order valence-electron chi connectivity index (χ4n) is 3.49. The number of anilines is 1. The van der Waals surface area contributed by atoms with Crippen LogP contribution >= 0.6 is 0 Å². The first-order valence-corrected chi connectivity index (χ1v) is 10.2. The molecule has 30 heavy (non-hydrogen) atoms. The minimum absolute atomic E-state index is 0.113. The Bertz CT molecular complexity index is 1060. The van der Waals surface area contributed by atoms with E-state index in [1.165, 1.54) is 12.1 Å². The van der Waals surface area contributed by atoms with E-state index in [-0.39, 0.29) is 17.8 Å². The fraction of sp³-hybridized carbons (Fsp3) is 0.348. The molecule has 4 rings (SSSR count). The van der Waals surface area contributed by atoms with Gasteiger partial charge in [-0.2, -0.15) is 0 Å². The van der Waals surface area contributed by atoms with Crippen molar-refractivity contribution >= 4 is 22.8 Å².